The van der Waals surface area contributed by atoms with Gasteiger partial charge in [-0.1, -0.05) is 42.0 Å². The van der Waals surface area contributed by atoms with Gasteiger partial charge < -0.3 is 4.57 Å². The molecule has 0 N–H and O–H groups in total. The van der Waals surface area contributed by atoms with Gasteiger partial charge in [-0.3, -0.25) is 4.79 Å². The highest BCUT2D eigenvalue weighted by Crippen LogP contribution is 2.25. The van der Waals surface area contributed by atoms with Crippen LogP contribution in [0.4, 0.5) is 0 Å². The van der Waals surface area contributed by atoms with Crippen molar-refractivity contribution in [2.75, 3.05) is 0 Å². The Morgan fingerprint density at radius 2 is 2.00 bits per heavy atom. The fourth-order valence-electron chi connectivity index (χ4n) is 3.12. The molecule has 0 saturated carbocycles. The summed E-state index contributed by atoms with van der Waals surface area (Å²) in [7, 11) is 0. The summed E-state index contributed by atoms with van der Waals surface area (Å²) in [6.07, 6.45) is 4.10. The van der Waals surface area contributed by atoms with E-state index in [9.17, 15) is 4.79 Å². The molecule has 0 saturated heterocycles. The molecule has 124 valence electrons. The first kappa shape index (κ1) is 15.8. The summed E-state index contributed by atoms with van der Waals surface area (Å²) >= 11 is 1.53. The number of carbonyl (C=O) groups excluding carboxylic acids is 1. The number of thiazole rings is 1. The van der Waals surface area contributed by atoms with Crippen LogP contribution in [0.3, 0.4) is 0 Å². The maximum absolute atomic E-state index is 12.9. The summed E-state index contributed by atoms with van der Waals surface area (Å²) in [6.45, 7) is 2.81. The number of benzene rings is 2. The zero-order valence-electron chi connectivity index (χ0n) is 14.0. The highest BCUT2D eigenvalue weighted by molar-refractivity contribution is 7.09. The van der Waals surface area contributed by atoms with E-state index in [1.54, 1.807) is 6.20 Å². The number of hydrogen-bond acceptors (Lipinski definition) is 3. The van der Waals surface area contributed by atoms with Gasteiger partial charge in [-0.05, 0) is 24.6 Å². The molecule has 0 fully saturated rings. The van der Waals surface area contributed by atoms with Crippen LogP contribution in [0.25, 0.3) is 10.9 Å². The normalized spacial score (nSPS) is 11.1. The van der Waals surface area contributed by atoms with E-state index in [1.165, 1.54) is 16.9 Å². The summed E-state index contributed by atoms with van der Waals surface area (Å²) in [5.74, 6) is 0.123. The first-order valence-corrected chi connectivity index (χ1v) is 9.13. The molecule has 0 spiro atoms. The molecule has 0 aliphatic rings. The van der Waals surface area contributed by atoms with Gasteiger partial charge in [0, 0.05) is 40.8 Å². The van der Waals surface area contributed by atoms with Gasteiger partial charge in [0.05, 0.1) is 6.42 Å². The third-order valence-electron chi connectivity index (χ3n) is 4.33. The predicted octanol–water partition coefficient (Wildman–Crippen LogP) is 4.88. The number of aryl methyl sites for hydroxylation is 1. The maximum Gasteiger partial charge on any atom is 0.171 e. The van der Waals surface area contributed by atoms with Crippen molar-refractivity contribution in [3.63, 3.8) is 0 Å². The minimum Gasteiger partial charge on any atom is -0.342 e. The smallest absolute Gasteiger partial charge is 0.171 e. The Morgan fingerprint density at radius 1 is 1.16 bits per heavy atom. The Labute approximate surface area is 150 Å². The molecule has 2 aromatic heterocycles. The molecule has 0 amide bonds. The molecular formula is C21H18N2OS. The van der Waals surface area contributed by atoms with Gasteiger partial charge in [-0.25, -0.2) is 4.98 Å². The van der Waals surface area contributed by atoms with Crippen LogP contribution in [-0.2, 0) is 13.0 Å². The third kappa shape index (κ3) is 3.26. The summed E-state index contributed by atoms with van der Waals surface area (Å²) in [4.78, 5) is 17.1. The fourth-order valence-corrected chi connectivity index (χ4v) is 3.73. The Bertz CT molecular complexity index is 1020. The van der Waals surface area contributed by atoms with Crippen LogP contribution in [0.15, 0.2) is 66.3 Å². The molecule has 25 heavy (non-hydrogen) atoms. The Kier molecular flexibility index (Phi) is 4.20. The lowest BCUT2D eigenvalue weighted by molar-refractivity contribution is 0.0994. The van der Waals surface area contributed by atoms with E-state index in [-0.39, 0.29) is 5.78 Å². The number of Topliss-reactive ketones (excluding diaryl/α,β-unsaturated/α-hetero) is 1. The maximum atomic E-state index is 12.9. The molecule has 4 rings (SSSR count). The minimum atomic E-state index is 0.123. The summed E-state index contributed by atoms with van der Waals surface area (Å²) < 4.78 is 2.17. The first-order valence-electron chi connectivity index (χ1n) is 8.26. The predicted molar refractivity (Wildman–Crippen MR) is 102 cm³/mol. The van der Waals surface area contributed by atoms with Crippen molar-refractivity contribution in [3.8, 4) is 0 Å². The van der Waals surface area contributed by atoms with E-state index in [1.807, 2.05) is 29.8 Å². The quantitative estimate of drug-likeness (QED) is 0.483. The van der Waals surface area contributed by atoms with Crippen molar-refractivity contribution in [2.45, 2.75) is 19.9 Å². The number of ketones is 1. The van der Waals surface area contributed by atoms with Gasteiger partial charge in [-0.2, -0.15) is 0 Å². The van der Waals surface area contributed by atoms with Crippen LogP contribution in [-0.4, -0.2) is 15.3 Å². The highest BCUT2D eigenvalue weighted by Gasteiger charge is 2.16. The van der Waals surface area contributed by atoms with Crippen LogP contribution < -0.4 is 0 Å². The molecule has 0 aliphatic carbocycles. The van der Waals surface area contributed by atoms with Crippen molar-refractivity contribution in [2.24, 2.45) is 0 Å². The molecule has 4 aromatic rings. The van der Waals surface area contributed by atoms with Gasteiger partial charge in [-0.15, -0.1) is 11.3 Å². The van der Waals surface area contributed by atoms with Crippen LogP contribution in [0, 0.1) is 6.92 Å². The van der Waals surface area contributed by atoms with Crippen LogP contribution in [0.1, 0.15) is 26.5 Å². The van der Waals surface area contributed by atoms with E-state index >= 15 is 0 Å². The second kappa shape index (κ2) is 6.65. The second-order valence-electron chi connectivity index (χ2n) is 6.20. The van der Waals surface area contributed by atoms with Crippen molar-refractivity contribution in [3.05, 3.63) is 88.0 Å². The molecule has 2 aromatic carbocycles. The van der Waals surface area contributed by atoms with Crippen molar-refractivity contribution in [1.29, 1.82) is 0 Å². The monoisotopic (exact) mass is 346 g/mol. The summed E-state index contributed by atoms with van der Waals surface area (Å²) in [5, 5.41) is 3.80. The molecule has 2 heterocycles. The van der Waals surface area contributed by atoms with Gasteiger partial charge in [0.25, 0.3) is 0 Å². The van der Waals surface area contributed by atoms with Gasteiger partial charge in [0.15, 0.2) is 5.78 Å². The number of aromatic nitrogens is 2. The molecule has 0 bridgehead atoms. The Balaban J connectivity index is 1.75. The standard InChI is InChI=1S/C21H18N2OS/c1-15-7-8-19-17(11-15)18(20(24)12-21-22-9-10-25-21)14-23(19)13-16-5-3-2-4-6-16/h2-11,14H,12-13H2,1H3. The molecule has 0 radical (unpaired) electrons. The zero-order chi connectivity index (χ0) is 17.2. The van der Waals surface area contributed by atoms with Crippen molar-refractivity contribution >= 4 is 28.0 Å². The lowest BCUT2D eigenvalue weighted by Gasteiger charge is -2.05. The molecular weight excluding hydrogens is 328 g/mol. The molecule has 0 aliphatic heterocycles. The van der Waals surface area contributed by atoms with E-state index in [0.29, 0.717) is 6.42 Å². The van der Waals surface area contributed by atoms with Crippen LogP contribution >= 0.6 is 11.3 Å². The average molecular weight is 346 g/mol. The molecule has 0 atom stereocenters. The van der Waals surface area contributed by atoms with E-state index in [4.69, 9.17) is 0 Å². The number of fused-ring (bicyclic) bond motifs is 1. The summed E-state index contributed by atoms with van der Waals surface area (Å²) in [6, 6.07) is 16.6. The number of rotatable bonds is 5. The van der Waals surface area contributed by atoms with Crippen LogP contribution in [0.5, 0.6) is 0 Å². The van der Waals surface area contributed by atoms with Crippen LogP contribution in [0.2, 0.25) is 0 Å². The lowest BCUT2D eigenvalue weighted by Crippen LogP contribution is -2.03. The minimum absolute atomic E-state index is 0.123. The SMILES string of the molecule is Cc1ccc2c(c1)c(C(=O)Cc1nccs1)cn2Cc1ccccc1. The average Bonchev–Trinajstić information content (AvgIpc) is 3.24. The zero-order valence-corrected chi connectivity index (χ0v) is 14.8. The second-order valence-corrected chi connectivity index (χ2v) is 7.18. The van der Waals surface area contributed by atoms with E-state index < -0.39 is 0 Å². The molecule has 0 unspecified atom stereocenters. The number of carbonyl (C=O) groups is 1. The fraction of sp³-hybridized carbons (Fsp3) is 0.143. The topological polar surface area (TPSA) is 34.9 Å². The van der Waals surface area contributed by atoms with Gasteiger partial charge in [0.2, 0.25) is 0 Å². The van der Waals surface area contributed by atoms with Gasteiger partial charge >= 0.3 is 0 Å². The van der Waals surface area contributed by atoms with Crippen molar-refractivity contribution < 1.29 is 4.79 Å². The summed E-state index contributed by atoms with van der Waals surface area (Å²) in [5.41, 5.74) is 4.26. The van der Waals surface area contributed by atoms with Gasteiger partial charge in [0.1, 0.15) is 5.01 Å². The lowest BCUT2D eigenvalue weighted by atomic mass is 10.1. The number of nitrogens with zero attached hydrogens (tertiary/aromatic N) is 2. The van der Waals surface area contributed by atoms with Crippen molar-refractivity contribution in [1.82, 2.24) is 9.55 Å². The third-order valence-corrected chi connectivity index (χ3v) is 5.11. The molecule has 3 nitrogen and oxygen atoms in total. The van der Waals surface area contributed by atoms with E-state index in [0.717, 1.165) is 33.6 Å². The first-order chi connectivity index (χ1) is 12.2. The Morgan fingerprint density at radius 3 is 2.76 bits per heavy atom. The van der Waals surface area contributed by atoms with E-state index in [2.05, 4.69) is 46.8 Å². The largest absolute Gasteiger partial charge is 0.342 e. The number of hydrogen-bond donors (Lipinski definition) is 0. The highest BCUT2D eigenvalue weighted by atomic mass is 32.1. The molecule has 4 heteroatoms. The Hall–Kier alpha value is -2.72.